The number of aromatic nitrogens is 3. The maximum absolute atomic E-state index is 12.1. The Labute approximate surface area is 143 Å². The van der Waals surface area contributed by atoms with Gasteiger partial charge in [0.2, 0.25) is 0 Å². The van der Waals surface area contributed by atoms with Crippen LogP contribution >= 0.6 is 11.3 Å². The van der Waals surface area contributed by atoms with Crippen molar-refractivity contribution in [2.75, 3.05) is 11.9 Å². The van der Waals surface area contributed by atoms with Crippen molar-refractivity contribution in [1.82, 2.24) is 15.0 Å². The molecule has 0 amide bonds. The van der Waals surface area contributed by atoms with E-state index in [1.807, 2.05) is 29.6 Å². The Balaban J connectivity index is 1.92. The normalized spacial score (nSPS) is 10.4. The third-order valence-electron chi connectivity index (χ3n) is 3.23. The maximum atomic E-state index is 12.1. The molecule has 3 aromatic heterocycles. The molecule has 0 aliphatic rings. The van der Waals surface area contributed by atoms with Crippen molar-refractivity contribution < 1.29 is 9.53 Å². The number of carbonyl (C=O) groups is 1. The molecule has 0 fully saturated rings. The molecule has 1 N–H and O–H groups in total. The molecule has 3 heterocycles. The van der Waals surface area contributed by atoms with Gasteiger partial charge in [0.25, 0.3) is 0 Å². The Bertz CT molecular complexity index is 807. The first kappa shape index (κ1) is 16.1. The van der Waals surface area contributed by atoms with Crippen LogP contribution in [0.4, 0.5) is 5.82 Å². The Kier molecular flexibility index (Phi) is 5.12. The van der Waals surface area contributed by atoms with E-state index in [1.165, 1.54) is 6.20 Å². The smallest absolute Gasteiger partial charge is 0.343 e. The highest BCUT2D eigenvalue weighted by Crippen LogP contribution is 2.21. The zero-order valence-corrected chi connectivity index (χ0v) is 13.9. The van der Waals surface area contributed by atoms with Crippen LogP contribution in [-0.2, 0) is 11.3 Å². The fraction of sp³-hybridized carbons (Fsp3) is 0.176. The second-order valence-electron chi connectivity index (χ2n) is 4.85. The fourth-order valence-corrected chi connectivity index (χ4v) is 2.74. The van der Waals surface area contributed by atoms with Gasteiger partial charge in [-0.05, 0) is 30.5 Å². The summed E-state index contributed by atoms with van der Waals surface area (Å²) in [5, 5.41) is 5.21. The molecule has 3 rings (SSSR count). The van der Waals surface area contributed by atoms with E-state index in [9.17, 15) is 4.79 Å². The molecule has 0 atom stereocenters. The quantitative estimate of drug-likeness (QED) is 0.693. The van der Waals surface area contributed by atoms with Crippen molar-refractivity contribution >= 4 is 23.1 Å². The van der Waals surface area contributed by atoms with E-state index in [1.54, 1.807) is 30.7 Å². The largest absolute Gasteiger partial charge is 0.462 e. The van der Waals surface area contributed by atoms with Crippen molar-refractivity contribution in [1.29, 1.82) is 0 Å². The Morgan fingerprint density at radius 1 is 1.29 bits per heavy atom. The summed E-state index contributed by atoms with van der Waals surface area (Å²) in [7, 11) is 0. The van der Waals surface area contributed by atoms with Crippen LogP contribution in [0.3, 0.4) is 0 Å². The number of carbonyl (C=O) groups excluding carboxylic acids is 1. The Morgan fingerprint density at radius 3 is 2.83 bits per heavy atom. The summed E-state index contributed by atoms with van der Waals surface area (Å²) in [4.78, 5) is 26.0. The van der Waals surface area contributed by atoms with Crippen LogP contribution in [0, 0.1) is 0 Å². The van der Waals surface area contributed by atoms with Crippen molar-refractivity contribution in [3.63, 3.8) is 0 Å². The average molecular weight is 340 g/mol. The highest BCUT2D eigenvalue weighted by molar-refractivity contribution is 7.09. The predicted octanol–water partition coefficient (Wildman–Crippen LogP) is 3.39. The molecule has 0 radical (unpaired) electrons. The van der Waals surface area contributed by atoms with Crippen LogP contribution in [0.2, 0.25) is 0 Å². The lowest BCUT2D eigenvalue weighted by Crippen LogP contribution is -2.12. The van der Waals surface area contributed by atoms with Gasteiger partial charge < -0.3 is 10.1 Å². The summed E-state index contributed by atoms with van der Waals surface area (Å²) in [6, 6.07) is 7.65. The Morgan fingerprint density at radius 2 is 2.12 bits per heavy atom. The van der Waals surface area contributed by atoms with Gasteiger partial charge in [0.05, 0.1) is 13.2 Å². The second kappa shape index (κ2) is 7.65. The molecule has 24 heavy (non-hydrogen) atoms. The lowest BCUT2D eigenvalue weighted by Gasteiger charge is -2.11. The number of rotatable bonds is 6. The molecule has 0 spiro atoms. The highest BCUT2D eigenvalue weighted by atomic mass is 32.1. The monoisotopic (exact) mass is 340 g/mol. The summed E-state index contributed by atoms with van der Waals surface area (Å²) in [5.41, 5.74) is 1.16. The van der Waals surface area contributed by atoms with E-state index in [0.29, 0.717) is 30.4 Å². The molecule has 0 unspecified atom stereocenters. The van der Waals surface area contributed by atoms with E-state index in [2.05, 4.69) is 20.3 Å². The standard InChI is InChI=1S/C17H16N4O2S/c1-2-23-17(22)14-11-20-15(12-5-7-18-8-6-12)21-16(14)19-10-13-4-3-9-24-13/h3-9,11H,2,10H2,1H3,(H,19,20,21). The number of esters is 1. The first-order chi connectivity index (χ1) is 11.8. The number of nitrogens with zero attached hydrogens (tertiary/aromatic N) is 3. The van der Waals surface area contributed by atoms with Gasteiger partial charge in [0.15, 0.2) is 5.82 Å². The molecule has 0 saturated heterocycles. The molecule has 7 heteroatoms. The molecule has 0 aliphatic heterocycles. The van der Waals surface area contributed by atoms with Gasteiger partial charge in [-0.15, -0.1) is 11.3 Å². The SMILES string of the molecule is CCOC(=O)c1cnc(-c2ccncc2)nc1NCc1cccs1. The van der Waals surface area contributed by atoms with Crippen molar-refractivity contribution in [3.8, 4) is 11.4 Å². The zero-order valence-electron chi connectivity index (χ0n) is 13.1. The lowest BCUT2D eigenvalue weighted by molar-refractivity contribution is 0.0526. The summed E-state index contributed by atoms with van der Waals surface area (Å²) < 4.78 is 5.08. The summed E-state index contributed by atoms with van der Waals surface area (Å²) in [5.74, 6) is 0.551. The van der Waals surface area contributed by atoms with Crippen LogP contribution in [0.5, 0.6) is 0 Å². The van der Waals surface area contributed by atoms with E-state index in [0.717, 1.165) is 10.4 Å². The average Bonchev–Trinajstić information content (AvgIpc) is 3.14. The first-order valence-electron chi connectivity index (χ1n) is 7.48. The molecule has 0 aromatic carbocycles. The topological polar surface area (TPSA) is 77.0 Å². The number of pyridine rings is 1. The highest BCUT2D eigenvalue weighted by Gasteiger charge is 2.16. The molecule has 0 bridgehead atoms. The summed E-state index contributed by atoms with van der Waals surface area (Å²) >= 11 is 1.64. The van der Waals surface area contributed by atoms with E-state index in [-0.39, 0.29) is 0 Å². The minimum atomic E-state index is -0.438. The number of nitrogens with one attached hydrogen (secondary N) is 1. The zero-order chi connectivity index (χ0) is 16.8. The van der Waals surface area contributed by atoms with Gasteiger partial charge in [-0.3, -0.25) is 4.98 Å². The third kappa shape index (κ3) is 3.75. The van der Waals surface area contributed by atoms with Gasteiger partial charge in [-0.25, -0.2) is 14.8 Å². The van der Waals surface area contributed by atoms with Crippen LogP contribution < -0.4 is 5.32 Å². The number of hydrogen-bond acceptors (Lipinski definition) is 7. The molecule has 6 nitrogen and oxygen atoms in total. The summed E-state index contributed by atoms with van der Waals surface area (Å²) in [6.07, 6.45) is 4.85. The van der Waals surface area contributed by atoms with Gasteiger partial charge in [-0.1, -0.05) is 6.07 Å². The van der Waals surface area contributed by atoms with Crippen LogP contribution in [0.15, 0.2) is 48.2 Å². The van der Waals surface area contributed by atoms with Gasteiger partial charge in [0.1, 0.15) is 11.4 Å². The fourth-order valence-electron chi connectivity index (χ4n) is 2.10. The molecule has 3 aromatic rings. The molecule has 0 aliphatic carbocycles. The minimum Gasteiger partial charge on any atom is -0.462 e. The molecule has 122 valence electrons. The van der Waals surface area contributed by atoms with Crippen molar-refractivity contribution in [3.05, 3.63) is 58.7 Å². The Hall–Kier alpha value is -2.80. The number of hydrogen-bond donors (Lipinski definition) is 1. The van der Waals surface area contributed by atoms with Crippen molar-refractivity contribution in [2.45, 2.75) is 13.5 Å². The van der Waals surface area contributed by atoms with Crippen molar-refractivity contribution in [2.24, 2.45) is 0 Å². The third-order valence-corrected chi connectivity index (χ3v) is 4.11. The molecular formula is C17H16N4O2S. The van der Waals surface area contributed by atoms with Gasteiger partial charge >= 0.3 is 5.97 Å². The van der Waals surface area contributed by atoms with Gasteiger partial charge in [-0.2, -0.15) is 0 Å². The number of thiophene rings is 1. The lowest BCUT2D eigenvalue weighted by atomic mass is 10.2. The van der Waals surface area contributed by atoms with E-state index < -0.39 is 5.97 Å². The van der Waals surface area contributed by atoms with Crippen LogP contribution in [0.25, 0.3) is 11.4 Å². The van der Waals surface area contributed by atoms with E-state index >= 15 is 0 Å². The van der Waals surface area contributed by atoms with Crippen LogP contribution in [-0.4, -0.2) is 27.5 Å². The second-order valence-corrected chi connectivity index (χ2v) is 5.88. The predicted molar refractivity (Wildman–Crippen MR) is 92.9 cm³/mol. The maximum Gasteiger partial charge on any atom is 0.343 e. The van der Waals surface area contributed by atoms with Gasteiger partial charge in [0, 0.05) is 29.0 Å². The minimum absolute atomic E-state index is 0.301. The van der Waals surface area contributed by atoms with E-state index in [4.69, 9.17) is 4.74 Å². The number of ether oxygens (including phenoxy) is 1. The molecular weight excluding hydrogens is 324 g/mol. The summed E-state index contributed by atoms with van der Waals surface area (Å²) in [6.45, 7) is 2.65. The number of anilines is 1. The first-order valence-corrected chi connectivity index (χ1v) is 8.36. The molecule has 0 saturated carbocycles. The van der Waals surface area contributed by atoms with Crippen LogP contribution in [0.1, 0.15) is 22.2 Å².